The number of hydrogen-bond acceptors (Lipinski definition) is 4. The first-order chi connectivity index (χ1) is 8.50. The summed E-state index contributed by atoms with van der Waals surface area (Å²) in [6, 6.07) is 4.70. The summed E-state index contributed by atoms with van der Waals surface area (Å²) in [7, 11) is 1.85. The van der Waals surface area contributed by atoms with Gasteiger partial charge in [0, 0.05) is 13.1 Å². The Morgan fingerprint density at radius 1 is 1.39 bits per heavy atom. The van der Waals surface area contributed by atoms with Crippen molar-refractivity contribution in [2.75, 3.05) is 0 Å². The van der Waals surface area contributed by atoms with Crippen molar-refractivity contribution >= 4 is 11.8 Å². The highest BCUT2D eigenvalue weighted by Crippen LogP contribution is 2.33. The lowest BCUT2D eigenvalue weighted by Gasteiger charge is -2.12. The van der Waals surface area contributed by atoms with E-state index in [-0.39, 0.29) is 11.9 Å². The van der Waals surface area contributed by atoms with Crippen LogP contribution in [0, 0.1) is 12.7 Å². The van der Waals surface area contributed by atoms with Crippen LogP contribution >= 0.6 is 11.8 Å². The van der Waals surface area contributed by atoms with Crippen molar-refractivity contribution in [2.24, 2.45) is 12.8 Å². The van der Waals surface area contributed by atoms with Crippen LogP contribution in [-0.2, 0) is 7.05 Å². The fourth-order valence-electron chi connectivity index (χ4n) is 1.56. The van der Waals surface area contributed by atoms with E-state index in [9.17, 15) is 4.39 Å². The Balaban J connectivity index is 2.42. The standard InChI is InChI=1S/C12H15FN4S/c1-7(14)9-5-4-6-10(13)11(9)18-12-16-15-8(2)17(12)3/h4-7H,14H2,1-3H3/t7-/m0/s1. The topological polar surface area (TPSA) is 56.7 Å². The van der Waals surface area contributed by atoms with Crippen molar-refractivity contribution in [3.05, 3.63) is 35.4 Å². The molecule has 0 fully saturated rings. The highest BCUT2D eigenvalue weighted by molar-refractivity contribution is 7.99. The molecule has 0 amide bonds. The first kappa shape index (κ1) is 13.0. The fourth-order valence-corrected chi connectivity index (χ4v) is 2.63. The predicted molar refractivity (Wildman–Crippen MR) is 68.9 cm³/mol. The number of halogens is 1. The Hall–Kier alpha value is -1.40. The van der Waals surface area contributed by atoms with Gasteiger partial charge in [0.05, 0.1) is 4.90 Å². The molecule has 2 N–H and O–H groups in total. The molecule has 0 saturated carbocycles. The van der Waals surface area contributed by atoms with Gasteiger partial charge in [-0.15, -0.1) is 10.2 Å². The molecule has 0 saturated heterocycles. The summed E-state index contributed by atoms with van der Waals surface area (Å²) >= 11 is 1.25. The molecule has 2 aromatic rings. The molecule has 0 aliphatic carbocycles. The summed E-state index contributed by atoms with van der Waals surface area (Å²) in [5.74, 6) is 0.506. The van der Waals surface area contributed by atoms with E-state index in [1.54, 1.807) is 6.07 Å². The monoisotopic (exact) mass is 266 g/mol. The maximum absolute atomic E-state index is 13.9. The van der Waals surface area contributed by atoms with E-state index >= 15 is 0 Å². The SMILES string of the molecule is Cc1nnc(Sc2c(F)cccc2[C@H](C)N)n1C. The van der Waals surface area contributed by atoms with Crippen LogP contribution in [0.5, 0.6) is 0 Å². The van der Waals surface area contributed by atoms with E-state index in [1.165, 1.54) is 17.8 Å². The smallest absolute Gasteiger partial charge is 0.195 e. The molecule has 1 atom stereocenters. The number of aromatic nitrogens is 3. The van der Waals surface area contributed by atoms with Crippen molar-refractivity contribution in [1.82, 2.24) is 14.8 Å². The van der Waals surface area contributed by atoms with Crippen molar-refractivity contribution in [1.29, 1.82) is 0 Å². The zero-order valence-corrected chi connectivity index (χ0v) is 11.3. The third-order valence-electron chi connectivity index (χ3n) is 2.73. The number of aryl methyl sites for hydroxylation is 1. The van der Waals surface area contributed by atoms with Crippen LogP contribution in [0.2, 0.25) is 0 Å². The minimum absolute atomic E-state index is 0.225. The van der Waals surface area contributed by atoms with Gasteiger partial charge in [0.2, 0.25) is 0 Å². The van der Waals surface area contributed by atoms with Crippen LogP contribution in [0.3, 0.4) is 0 Å². The van der Waals surface area contributed by atoms with E-state index in [4.69, 9.17) is 5.73 Å². The molecule has 1 heterocycles. The molecular formula is C12H15FN4S. The second-order valence-electron chi connectivity index (χ2n) is 4.14. The Morgan fingerprint density at radius 3 is 2.67 bits per heavy atom. The molecule has 2 rings (SSSR count). The van der Waals surface area contributed by atoms with E-state index in [0.717, 1.165) is 11.4 Å². The highest BCUT2D eigenvalue weighted by Gasteiger charge is 2.16. The maximum atomic E-state index is 13.9. The zero-order chi connectivity index (χ0) is 13.3. The van der Waals surface area contributed by atoms with Crippen molar-refractivity contribution in [3.8, 4) is 0 Å². The lowest BCUT2D eigenvalue weighted by Crippen LogP contribution is -2.07. The lowest BCUT2D eigenvalue weighted by atomic mass is 10.1. The summed E-state index contributed by atoms with van der Waals surface area (Å²) in [6.45, 7) is 3.69. The largest absolute Gasteiger partial charge is 0.324 e. The summed E-state index contributed by atoms with van der Waals surface area (Å²) in [4.78, 5) is 0.517. The molecular weight excluding hydrogens is 251 g/mol. The number of hydrogen-bond donors (Lipinski definition) is 1. The van der Waals surface area contributed by atoms with E-state index in [1.807, 2.05) is 31.5 Å². The van der Waals surface area contributed by atoms with Crippen LogP contribution in [0.15, 0.2) is 28.3 Å². The molecule has 0 radical (unpaired) electrons. The maximum Gasteiger partial charge on any atom is 0.195 e. The molecule has 1 aromatic heterocycles. The predicted octanol–water partition coefficient (Wildman–Crippen LogP) is 2.43. The van der Waals surface area contributed by atoms with Crippen LogP contribution < -0.4 is 5.73 Å². The summed E-state index contributed by atoms with van der Waals surface area (Å²) < 4.78 is 15.7. The molecule has 1 aromatic carbocycles. The molecule has 4 nitrogen and oxygen atoms in total. The third kappa shape index (κ3) is 2.39. The highest BCUT2D eigenvalue weighted by atomic mass is 32.2. The molecule has 0 unspecified atom stereocenters. The van der Waals surface area contributed by atoms with Crippen LogP contribution in [0.4, 0.5) is 4.39 Å². The van der Waals surface area contributed by atoms with Crippen molar-refractivity contribution in [2.45, 2.75) is 29.9 Å². The normalized spacial score (nSPS) is 12.7. The average Bonchev–Trinajstić information content (AvgIpc) is 2.63. The average molecular weight is 266 g/mol. The molecule has 18 heavy (non-hydrogen) atoms. The van der Waals surface area contributed by atoms with Gasteiger partial charge in [0.1, 0.15) is 11.6 Å². The second-order valence-corrected chi connectivity index (χ2v) is 5.12. The van der Waals surface area contributed by atoms with E-state index < -0.39 is 0 Å². The summed E-state index contributed by atoms with van der Waals surface area (Å²) in [5.41, 5.74) is 6.64. The van der Waals surface area contributed by atoms with Gasteiger partial charge in [-0.1, -0.05) is 12.1 Å². The van der Waals surface area contributed by atoms with Gasteiger partial charge in [0.15, 0.2) is 5.16 Å². The quantitative estimate of drug-likeness (QED) is 0.927. The molecule has 6 heteroatoms. The van der Waals surface area contributed by atoms with Gasteiger partial charge in [-0.25, -0.2) is 4.39 Å². The fraction of sp³-hybridized carbons (Fsp3) is 0.333. The first-order valence-electron chi connectivity index (χ1n) is 5.58. The molecule has 0 aliphatic rings. The summed E-state index contributed by atoms with van der Waals surface area (Å²) in [5, 5.41) is 8.63. The number of benzene rings is 1. The van der Waals surface area contributed by atoms with Gasteiger partial charge in [0.25, 0.3) is 0 Å². The van der Waals surface area contributed by atoms with E-state index in [0.29, 0.717) is 10.1 Å². The van der Waals surface area contributed by atoms with Crippen LogP contribution in [0.25, 0.3) is 0 Å². The Kier molecular flexibility index (Phi) is 3.68. The van der Waals surface area contributed by atoms with Crippen molar-refractivity contribution < 1.29 is 4.39 Å². The van der Waals surface area contributed by atoms with Gasteiger partial charge < -0.3 is 10.3 Å². The molecule has 0 aliphatic heterocycles. The van der Waals surface area contributed by atoms with Gasteiger partial charge >= 0.3 is 0 Å². The van der Waals surface area contributed by atoms with Gasteiger partial charge in [-0.3, -0.25) is 0 Å². The Morgan fingerprint density at radius 2 is 2.11 bits per heavy atom. The van der Waals surface area contributed by atoms with Gasteiger partial charge in [-0.2, -0.15) is 0 Å². The molecule has 0 bridgehead atoms. The molecule has 0 spiro atoms. The minimum atomic E-state index is -0.282. The number of nitrogens with two attached hydrogens (primary N) is 1. The number of nitrogens with zero attached hydrogens (tertiary/aromatic N) is 3. The third-order valence-corrected chi connectivity index (χ3v) is 3.91. The number of rotatable bonds is 3. The van der Waals surface area contributed by atoms with Crippen LogP contribution in [0.1, 0.15) is 24.4 Å². The van der Waals surface area contributed by atoms with Crippen LogP contribution in [-0.4, -0.2) is 14.8 Å². The van der Waals surface area contributed by atoms with E-state index in [2.05, 4.69) is 10.2 Å². The first-order valence-corrected chi connectivity index (χ1v) is 6.40. The Bertz CT molecular complexity index is 565. The van der Waals surface area contributed by atoms with Gasteiger partial charge in [-0.05, 0) is 37.2 Å². The molecule has 96 valence electrons. The zero-order valence-electron chi connectivity index (χ0n) is 10.5. The second kappa shape index (κ2) is 5.07. The minimum Gasteiger partial charge on any atom is -0.324 e. The van der Waals surface area contributed by atoms with Crippen molar-refractivity contribution in [3.63, 3.8) is 0 Å². The Labute approximate surface area is 109 Å². The summed E-state index contributed by atoms with van der Waals surface area (Å²) in [6.07, 6.45) is 0. The lowest BCUT2D eigenvalue weighted by molar-refractivity contribution is 0.590.